The van der Waals surface area contributed by atoms with Crippen molar-refractivity contribution in [3.63, 3.8) is 0 Å². The Hall–Kier alpha value is -1.92. The summed E-state index contributed by atoms with van der Waals surface area (Å²) in [7, 11) is 2.41. The largest absolute Gasteiger partial charge is 0.469 e. The van der Waals surface area contributed by atoms with Gasteiger partial charge < -0.3 is 4.74 Å². The fraction of sp³-hybridized carbons (Fsp3) is 0.500. The summed E-state index contributed by atoms with van der Waals surface area (Å²) in [5, 5.41) is 0. The number of carbonyl (C=O) groups excluding carboxylic acids is 4. The number of carbonyl (C=O) groups is 4. The van der Waals surface area contributed by atoms with Crippen LogP contribution in [-0.2, 0) is 19.1 Å². The van der Waals surface area contributed by atoms with Crippen LogP contribution in [0.4, 0.5) is 4.79 Å². The van der Waals surface area contributed by atoms with Crippen molar-refractivity contribution in [1.29, 1.82) is 0 Å². The molecule has 1 saturated heterocycles. The van der Waals surface area contributed by atoms with Crippen LogP contribution in [0.2, 0.25) is 0 Å². The molecule has 0 saturated carbocycles. The number of rotatable bonds is 3. The number of hydrogen-bond donors (Lipinski definition) is 0. The third-order valence-corrected chi connectivity index (χ3v) is 2.02. The van der Waals surface area contributed by atoms with E-state index < -0.39 is 23.8 Å². The highest BCUT2D eigenvalue weighted by atomic mass is 16.5. The molecule has 1 fully saturated rings. The minimum Gasteiger partial charge on any atom is -0.469 e. The number of urea groups is 1. The average Bonchev–Trinajstić information content (AvgIpc) is 2.41. The Kier molecular flexibility index (Phi) is 3.03. The first kappa shape index (κ1) is 11.2. The molecule has 0 atom stereocenters. The minimum atomic E-state index is -0.911. The molecule has 7 nitrogen and oxygen atoms in total. The van der Waals surface area contributed by atoms with E-state index in [1.54, 1.807) is 0 Å². The zero-order valence-corrected chi connectivity index (χ0v) is 8.35. The first-order chi connectivity index (χ1) is 6.99. The summed E-state index contributed by atoms with van der Waals surface area (Å²) < 4.78 is 4.35. The highest BCUT2D eigenvalue weighted by molar-refractivity contribution is 6.44. The first-order valence-corrected chi connectivity index (χ1v) is 4.19. The van der Waals surface area contributed by atoms with E-state index in [1.807, 2.05) is 0 Å². The van der Waals surface area contributed by atoms with Gasteiger partial charge in [-0.1, -0.05) is 0 Å². The normalized spacial score (nSPS) is 16.3. The van der Waals surface area contributed by atoms with Crippen molar-refractivity contribution in [2.24, 2.45) is 0 Å². The van der Waals surface area contributed by atoms with Gasteiger partial charge in [0.25, 0.3) is 0 Å². The summed E-state index contributed by atoms with van der Waals surface area (Å²) in [5.74, 6) is -2.34. The van der Waals surface area contributed by atoms with E-state index >= 15 is 0 Å². The maximum atomic E-state index is 11.3. The van der Waals surface area contributed by atoms with E-state index in [9.17, 15) is 19.2 Å². The van der Waals surface area contributed by atoms with Gasteiger partial charge in [-0.3, -0.25) is 24.2 Å². The van der Waals surface area contributed by atoms with Crippen LogP contribution in [0.1, 0.15) is 6.42 Å². The second-order valence-electron chi connectivity index (χ2n) is 2.93. The zero-order chi connectivity index (χ0) is 11.6. The van der Waals surface area contributed by atoms with Crippen LogP contribution in [-0.4, -0.2) is 54.3 Å². The lowest BCUT2D eigenvalue weighted by Gasteiger charge is -2.11. The van der Waals surface area contributed by atoms with Crippen LogP contribution in [0, 0.1) is 0 Å². The Morgan fingerprint density at radius 1 is 1.27 bits per heavy atom. The zero-order valence-electron chi connectivity index (χ0n) is 8.35. The Balaban J connectivity index is 2.63. The van der Waals surface area contributed by atoms with Gasteiger partial charge in [0.15, 0.2) is 0 Å². The quantitative estimate of drug-likeness (QED) is 0.340. The second kappa shape index (κ2) is 4.07. The maximum absolute atomic E-state index is 11.3. The van der Waals surface area contributed by atoms with Crippen molar-refractivity contribution >= 4 is 23.8 Å². The third kappa shape index (κ3) is 1.95. The van der Waals surface area contributed by atoms with E-state index in [1.165, 1.54) is 14.2 Å². The fourth-order valence-electron chi connectivity index (χ4n) is 1.12. The second-order valence-corrected chi connectivity index (χ2v) is 2.93. The molecular weight excluding hydrogens is 204 g/mol. The van der Waals surface area contributed by atoms with Crippen molar-refractivity contribution in [2.75, 3.05) is 20.7 Å². The van der Waals surface area contributed by atoms with Crippen molar-refractivity contribution in [3.8, 4) is 0 Å². The molecule has 15 heavy (non-hydrogen) atoms. The molecule has 0 bridgehead atoms. The highest BCUT2D eigenvalue weighted by Crippen LogP contribution is 2.09. The van der Waals surface area contributed by atoms with Crippen LogP contribution in [0.5, 0.6) is 0 Å². The van der Waals surface area contributed by atoms with Crippen molar-refractivity contribution in [3.05, 3.63) is 0 Å². The van der Waals surface area contributed by atoms with Gasteiger partial charge in [0.2, 0.25) is 0 Å². The van der Waals surface area contributed by atoms with E-state index in [4.69, 9.17) is 0 Å². The lowest BCUT2D eigenvalue weighted by molar-refractivity contribution is -0.144. The molecule has 0 aromatic heterocycles. The van der Waals surface area contributed by atoms with Crippen molar-refractivity contribution in [2.45, 2.75) is 6.42 Å². The lowest BCUT2D eigenvalue weighted by atomic mass is 10.4. The summed E-state index contributed by atoms with van der Waals surface area (Å²) in [6, 6.07) is -0.714. The van der Waals surface area contributed by atoms with Gasteiger partial charge in [-0.25, -0.2) is 4.79 Å². The summed E-state index contributed by atoms with van der Waals surface area (Å²) >= 11 is 0. The van der Waals surface area contributed by atoms with Gasteiger partial charge in [-0.05, 0) is 0 Å². The van der Waals surface area contributed by atoms with Crippen LogP contribution in [0.25, 0.3) is 0 Å². The summed E-state index contributed by atoms with van der Waals surface area (Å²) in [5.41, 5.74) is 0. The number of likely N-dealkylation sites (N-methyl/N-ethyl adjacent to an activating group) is 1. The average molecular weight is 214 g/mol. The first-order valence-electron chi connectivity index (χ1n) is 4.19. The molecule has 0 radical (unpaired) electrons. The Labute approximate surface area is 85.6 Å². The molecule has 0 N–H and O–H groups in total. The maximum Gasteiger partial charge on any atom is 0.333 e. The molecule has 1 aliphatic heterocycles. The number of esters is 1. The summed E-state index contributed by atoms with van der Waals surface area (Å²) in [6.07, 6.45) is -0.116. The van der Waals surface area contributed by atoms with E-state index in [0.717, 1.165) is 4.90 Å². The Morgan fingerprint density at radius 3 is 2.27 bits per heavy atom. The standard InChI is InChI=1S/C8H10N2O5/c1-9-6(12)7(13)10(8(9)14)4-3-5(11)15-2/h3-4H2,1-2H3. The Morgan fingerprint density at radius 2 is 1.87 bits per heavy atom. The lowest BCUT2D eigenvalue weighted by Crippen LogP contribution is -2.33. The fourth-order valence-corrected chi connectivity index (χ4v) is 1.12. The number of ether oxygens (including phenoxy) is 1. The predicted molar refractivity (Wildman–Crippen MR) is 46.5 cm³/mol. The van der Waals surface area contributed by atoms with E-state index in [-0.39, 0.29) is 13.0 Å². The molecule has 7 heteroatoms. The van der Waals surface area contributed by atoms with Gasteiger partial charge in [-0.15, -0.1) is 0 Å². The monoisotopic (exact) mass is 214 g/mol. The van der Waals surface area contributed by atoms with Gasteiger partial charge in [-0.2, -0.15) is 0 Å². The minimum absolute atomic E-state index is 0.116. The van der Waals surface area contributed by atoms with Crippen LogP contribution < -0.4 is 0 Å². The Bertz CT molecular complexity index is 338. The van der Waals surface area contributed by atoms with Gasteiger partial charge in [0, 0.05) is 13.6 Å². The summed E-state index contributed by atoms with van der Waals surface area (Å²) in [6.45, 7) is -0.138. The molecule has 82 valence electrons. The number of hydrogen-bond acceptors (Lipinski definition) is 5. The van der Waals surface area contributed by atoms with Crippen molar-refractivity contribution < 1.29 is 23.9 Å². The van der Waals surface area contributed by atoms with Crippen LogP contribution >= 0.6 is 0 Å². The summed E-state index contributed by atoms with van der Waals surface area (Å²) in [4.78, 5) is 45.7. The van der Waals surface area contributed by atoms with Crippen molar-refractivity contribution in [1.82, 2.24) is 9.80 Å². The molecule has 0 aromatic rings. The third-order valence-electron chi connectivity index (χ3n) is 2.02. The topological polar surface area (TPSA) is 84.0 Å². The SMILES string of the molecule is COC(=O)CCN1C(=O)C(=O)N(C)C1=O. The number of imide groups is 2. The molecule has 0 unspecified atom stereocenters. The van der Waals surface area contributed by atoms with E-state index in [2.05, 4.69) is 4.74 Å². The highest BCUT2D eigenvalue weighted by Gasteiger charge is 2.41. The molecule has 0 aromatic carbocycles. The van der Waals surface area contributed by atoms with Crippen LogP contribution in [0.3, 0.4) is 0 Å². The molecule has 0 aliphatic carbocycles. The molecular formula is C8H10N2O5. The predicted octanol–water partition coefficient (Wildman–Crippen LogP) is -1.03. The van der Waals surface area contributed by atoms with Gasteiger partial charge in [0.05, 0.1) is 13.5 Å². The number of nitrogens with zero attached hydrogens (tertiary/aromatic N) is 2. The molecule has 1 aliphatic rings. The van der Waals surface area contributed by atoms with Gasteiger partial charge >= 0.3 is 23.8 Å². The van der Waals surface area contributed by atoms with Crippen LogP contribution in [0.15, 0.2) is 0 Å². The smallest absolute Gasteiger partial charge is 0.333 e. The molecule has 4 amide bonds. The van der Waals surface area contributed by atoms with E-state index in [0.29, 0.717) is 4.90 Å². The molecule has 0 spiro atoms. The molecule has 1 heterocycles. The molecule has 1 rings (SSSR count). The van der Waals surface area contributed by atoms with Gasteiger partial charge in [0.1, 0.15) is 0 Å². The number of methoxy groups -OCH3 is 1. The number of amides is 4.